The van der Waals surface area contributed by atoms with E-state index in [1.807, 2.05) is 18.7 Å². The van der Waals surface area contributed by atoms with Gasteiger partial charge in [-0.05, 0) is 19.9 Å². The van der Waals surface area contributed by atoms with E-state index in [0.717, 1.165) is 13.0 Å². The van der Waals surface area contributed by atoms with Gasteiger partial charge in [0.2, 0.25) is 5.91 Å². The summed E-state index contributed by atoms with van der Waals surface area (Å²) < 4.78 is 0. The van der Waals surface area contributed by atoms with Crippen molar-refractivity contribution < 1.29 is 14.7 Å². The van der Waals surface area contributed by atoms with Crippen molar-refractivity contribution in [2.45, 2.75) is 33.2 Å². The second kappa shape index (κ2) is 7.27. The molecule has 0 radical (unpaired) electrons. The molecule has 0 rings (SSSR count). The highest BCUT2D eigenvalue weighted by atomic mass is 16.4. The Labute approximate surface area is 103 Å². The first-order valence-electron chi connectivity index (χ1n) is 5.98. The zero-order valence-corrected chi connectivity index (χ0v) is 11.4. The second-order valence-corrected chi connectivity index (χ2v) is 4.63. The zero-order valence-electron chi connectivity index (χ0n) is 11.4. The van der Waals surface area contributed by atoms with Crippen LogP contribution in [0.4, 0.5) is 0 Å². The van der Waals surface area contributed by atoms with Crippen molar-refractivity contribution in [1.82, 2.24) is 9.80 Å². The van der Waals surface area contributed by atoms with Gasteiger partial charge in [0.15, 0.2) is 0 Å². The number of carboxylic acid groups (broad SMARTS) is 1. The number of carboxylic acids is 1. The van der Waals surface area contributed by atoms with Crippen LogP contribution < -0.4 is 0 Å². The SMILES string of the molecule is CCCN(CC(=O)N(C)C)C(C)C(C)C(=O)O. The molecule has 1 N–H and O–H groups in total. The minimum Gasteiger partial charge on any atom is -0.481 e. The third-order valence-corrected chi connectivity index (χ3v) is 3.04. The third-order valence-electron chi connectivity index (χ3n) is 3.04. The first-order valence-corrected chi connectivity index (χ1v) is 5.98. The van der Waals surface area contributed by atoms with E-state index in [1.54, 1.807) is 21.0 Å². The molecule has 1 amide bonds. The van der Waals surface area contributed by atoms with Gasteiger partial charge >= 0.3 is 5.97 Å². The van der Waals surface area contributed by atoms with Gasteiger partial charge < -0.3 is 10.0 Å². The van der Waals surface area contributed by atoms with Crippen molar-refractivity contribution in [3.63, 3.8) is 0 Å². The Balaban J connectivity index is 4.61. The van der Waals surface area contributed by atoms with Gasteiger partial charge in [0.1, 0.15) is 0 Å². The smallest absolute Gasteiger partial charge is 0.307 e. The molecule has 0 bridgehead atoms. The van der Waals surface area contributed by atoms with Gasteiger partial charge in [0, 0.05) is 20.1 Å². The summed E-state index contributed by atoms with van der Waals surface area (Å²) in [5, 5.41) is 8.99. The van der Waals surface area contributed by atoms with Crippen LogP contribution in [0.2, 0.25) is 0 Å². The number of amides is 1. The summed E-state index contributed by atoms with van der Waals surface area (Å²) in [5.41, 5.74) is 0. The predicted octanol–water partition coefficient (Wildman–Crippen LogP) is 0.896. The molecular weight excluding hydrogens is 220 g/mol. The van der Waals surface area contributed by atoms with Crippen LogP contribution in [0.5, 0.6) is 0 Å². The predicted molar refractivity (Wildman–Crippen MR) is 66.8 cm³/mol. The molecule has 2 unspecified atom stereocenters. The number of carbonyl (C=O) groups is 2. The molecule has 17 heavy (non-hydrogen) atoms. The first kappa shape index (κ1) is 15.9. The molecule has 0 spiro atoms. The van der Waals surface area contributed by atoms with E-state index >= 15 is 0 Å². The van der Waals surface area contributed by atoms with E-state index in [2.05, 4.69) is 0 Å². The Morgan fingerprint density at radius 2 is 1.76 bits per heavy atom. The first-order chi connectivity index (χ1) is 7.81. The van der Waals surface area contributed by atoms with Crippen LogP contribution in [0, 0.1) is 5.92 Å². The number of rotatable bonds is 7. The molecule has 0 aliphatic heterocycles. The number of hydrogen-bond donors (Lipinski definition) is 1. The van der Waals surface area contributed by atoms with E-state index in [0.29, 0.717) is 0 Å². The molecule has 0 aliphatic carbocycles. The summed E-state index contributed by atoms with van der Waals surface area (Å²) in [7, 11) is 3.41. The molecule has 0 fully saturated rings. The molecule has 5 heteroatoms. The molecule has 0 heterocycles. The fourth-order valence-electron chi connectivity index (χ4n) is 1.55. The normalized spacial score (nSPS) is 14.5. The van der Waals surface area contributed by atoms with Crippen LogP contribution in [0.3, 0.4) is 0 Å². The summed E-state index contributed by atoms with van der Waals surface area (Å²) in [6, 6.07) is -0.142. The quantitative estimate of drug-likeness (QED) is 0.722. The van der Waals surface area contributed by atoms with Crippen molar-refractivity contribution >= 4 is 11.9 Å². The van der Waals surface area contributed by atoms with Crippen LogP contribution in [-0.2, 0) is 9.59 Å². The average Bonchev–Trinajstić information content (AvgIpc) is 2.25. The third kappa shape index (κ3) is 5.17. The van der Waals surface area contributed by atoms with Crippen molar-refractivity contribution in [3.8, 4) is 0 Å². The lowest BCUT2D eigenvalue weighted by Crippen LogP contribution is -2.46. The van der Waals surface area contributed by atoms with Crippen LogP contribution in [0.25, 0.3) is 0 Å². The summed E-state index contributed by atoms with van der Waals surface area (Å²) >= 11 is 0. The summed E-state index contributed by atoms with van der Waals surface area (Å²) in [6.07, 6.45) is 0.900. The zero-order chi connectivity index (χ0) is 13.6. The highest BCUT2D eigenvalue weighted by molar-refractivity contribution is 5.78. The Morgan fingerprint density at radius 1 is 1.24 bits per heavy atom. The average molecular weight is 244 g/mol. The van der Waals surface area contributed by atoms with Crippen LogP contribution in [0.1, 0.15) is 27.2 Å². The highest BCUT2D eigenvalue weighted by Crippen LogP contribution is 2.12. The second-order valence-electron chi connectivity index (χ2n) is 4.63. The molecule has 0 aromatic carbocycles. The highest BCUT2D eigenvalue weighted by Gasteiger charge is 2.26. The molecule has 0 aliphatic rings. The number of hydrogen-bond acceptors (Lipinski definition) is 3. The molecule has 0 aromatic rings. The molecule has 100 valence electrons. The van der Waals surface area contributed by atoms with Gasteiger partial charge in [0.05, 0.1) is 12.5 Å². The minimum atomic E-state index is -0.823. The molecule has 0 saturated carbocycles. The van der Waals surface area contributed by atoms with Gasteiger partial charge in [-0.3, -0.25) is 14.5 Å². The molecular formula is C12H24N2O3. The maximum absolute atomic E-state index is 11.7. The van der Waals surface area contributed by atoms with Crippen molar-refractivity contribution in [3.05, 3.63) is 0 Å². The van der Waals surface area contributed by atoms with Crippen molar-refractivity contribution in [1.29, 1.82) is 0 Å². The van der Waals surface area contributed by atoms with Gasteiger partial charge in [0.25, 0.3) is 0 Å². The summed E-state index contributed by atoms with van der Waals surface area (Å²) in [5.74, 6) is -1.30. The van der Waals surface area contributed by atoms with Crippen molar-refractivity contribution in [2.75, 3.05) is 27.2 Å². The molecule has 0 saturated heterocycles. The van der Waals surface area contributed by atoms with Crippen LogP contribution in [0.15, 0.2) is 0 Å². The van der Waals surface area contributed by atoms with E-state index in [4.69, 9.17) is 5.11 Å². The Kier molecular flexibility index (Phi) is 6.80. The fourth-order valence-corrected chi connectivity index (χ4v) is 1.55. The molecule has 2 atom stereocenters. The van der Waals surface area contributed by atoms with Gasteiger partial charge in [-0.2, -0.15) is 0 Å². The fraction of sp³-hybridized carbons (Fsp3) is 0.833. The molecule has 0 aromatic heterocycles. The van der Waals surface area contributed by atoms with E-state index in [-0.39, 0.29) is 18.5 Å². The maximum atomic E-state index is 11.7. The number of nitrogens with zero attached hydrogens (tertiary/aromatic N) is 2. The van der Waals surface area contributed by atoms with Crippen LogP contribution >= 0.6 is 0 Å². The lowest BCUT2D eigenvalue weighted by Gasteiger charge is -2.31. The van der Waals surface area contributed by atoms with E-state index < -0.39 is 11.9 Å². The van der Waals surface area contributed by atoms with E-state index in [1.165, 1.54) is 4.90 Å². The Morgan fingerprint density at radius 3 is 2.12 bits per heavy atom. The minimum absolute atomic E-state index is 0.00267. The van der Waals surface area contributed by atoms with Gasteiger partial charge in [-0.15, -0.1) is 0 Å². The van der Waals surface area contributed by atoms with Crippen LogP contribution in [-0.4, -0.2) is 60.0 Å². The summed E-state index contributed by atoms with van der Waals surface area (Å²) in [6.45, 7) is 6.57. The Hall–Kier alpha value is -1.10. The van der Waals surface area contributed by atoms with Gasteiger partial charge in [-0.25, -0.2) is 0 Å². The standard InChI is InChI=1S/C12H24N2O3/c1-6-7-14(8-11(15)13(4)5)10(3)9(2)12(16)17/h9-10H,6-8H2,1-5H3,(H,16,17). The van der Waals surface area contributed by atoms with E-state index in [9.17, 15) is 9.59 Å². The topological polar surface area (TPSA) is 60.9 Å². The largest absolute Gasteiger partial charge is 0.481 e. The maximum Gasteiger partial charge on any atom is 0.307 e. The number of carbonyl (C=O) groups excluding carboxylic acids is 1. The molecule has 5 nitrogen and oxygen atoms in total. The number of likely N-dealkylation sites (N-methyl/N-ethyl adjacent to an activating group) is 1. The van der Waals surface area contributed by atoms with Gasteiger partial charge in [-0.1, -0.05) is 13.8 Å². The lowest BCUT2D eigenvalue weighted by molar-refractivity contribution is -0.144. The lowest BCUT2D eigenvalue weighted by atomic mass is 10.0. The monoisotopic (exact) mass is 244 g/mol. The summed E-state index contributed by atoms with van der Waals surface area (Å²) in [4.78, 5) is 26.1. The Bertz CT molecular complexity index is 266. The van der Waals surface area contributed by atoms with Crippen molar-refractivity contribution in [2.24, 2.45) is 5.92 Å². The number of aliphatic carboxylic acids is 1.